The number of carbonyl (C=O) groups excluding carboxylic acids is 3. The van der Waals surface area contributed by atoms with Gasteiger partial charge in [0.2, 0.25) is 11.8 Å². The number of carbonyl (C=O) groups is 3. The van der Waals surface area contributed by atoms with Gasteiger partial charge < -0.3 is 4.90 Å². The van der Waals surface area contributed by atoms with Gasteiger partial charge in [0.05, 0.1) is 17.5 Å². The molecule has 5 fully saturated rings. The van der Waals surface area contributed by atoms with Gasteiger partial charge in [-0.15, -0.1) is 0 Å². The topological polar surface area (TPSA) is 57.7 Å². The maximum absolute atomic E-state index is 14.2. The highest BCUT2D eigenvalue weighted by atomic mass is 127. The average Bonchev–Trinajstić information content (AvgIpc) is 3.01. The van der Waals surface area contributed by atoms with Crippen LogP contribution in [0.1, 0.15) is 65.2 Å². The summed E-state index contributed by atoms with van der Waals surface area (Å²) in [6, 6.07) is 6.69. The molecule has 0 N–H and O–H groups in total. The molecule has 1 heterocycles. The van der Waals surface area contributed by atoms with Gasteiger partial charge in [0.1, 0.15) is 6.04 Å². The SMILES string of the molecule is CCC(C)N(C(=O)C12CC3CC(CC(C3)C1)C2)C1CC(=O)N(c2ccc(I)cc2)C1=O. The Bertz CT molecular complexity index is 877. The van der Waals surface area contributed by atoms with Crippen LogP contribution in [-0.2, 0) is 14.4 Å². The van der Waals surface area contributed by atoms with Crippen molar-refractivity contribution in [2.75, 3.05) is 4.90 Å². The van der Waals surface area contributed by atoms with Crippen molar-refractivity contribution in [3.8, 4) is 0 Å². The first kappa shape index (κ1) is 21.4. The number of hydrogen-bond acceptors (Lipinski definition) is 3. The van der Waals surface area contributed by atoms with Crippen molar-refractivity contribution in [3.63, 3.8) is 0 Å². The average molecular weight is 534 g/mol. The van der Waals surface area contributed by atoms with Gasteiger partial charge in [0.15, 0.2) is 0 Å². The Labute approximate surface area is 198 Å². The first-order valence-corrected chi connectivity index (χ1v) is 12.8. The number of imide groups is 1. The first-order chi connectivity index (χ1) is 14.8. The summed E-state index contributed by atoms with van der Waals surface area (Å²) in [6.07, 6.45) is 7.61. The Morgan fingerprint density at radius 1 is 1.10 bits per heavy atom. The van der Waals surface area contributed by atoms with E-state index in [1.54, 1.807) is 0 Å². The molecule has 166 valence electrons. The molecule has 31 heavy (non-hydrogen) atoms. The minimum absolute atomic E-state index is 0.0565. The highest BCUT2D eigenvalue weighted by Gasteiger charge is 2.58. The molecule has 0 radical (unpaired) electrons. The van der Waals surface area contributed by atoms with Crippen LogP contribution in [0, 0.1) is 26.7 Å². The highest BCUT2D eigenvalue weighted by molar-refractivity contribution is 14.1. The Hall–Kier alpha value is -1.44. The molecule has 4 saturated carbocycles. The monoisotopic (exact) mass is 534 g/mol. The fourth-order valence-electron chi connectivity index (χ4n) is 7.19. The van der Waals surface area contributed by atoms with Crippen LogP contribution in [0.2, 0.25) is 0 Å². The van der Waals surface area contributed by atoms with Gasteiger partial charge in [-0.2, -0.15) is 0 Å². The van der Waals surface area contributed by atoms with Crippen LogP contribution in [0.5, 0.6) is 0 Å². The Morgan fingerprint density at radius 3 is 2.16 bits per heavy atom. The molecule has 4 aliphatic carbocycles. The summed E-state index contributed by atoms with van der Waals surface area (Å²) < 4.78 is 1.05. The number of anilines is 1. The van der Waals surface area contributed by atoms with Crippen molar-refractivity contribution < 1.29 is 14.4 Å². The smallest absolute Gasteiger partial charge is 0.257 e. The van der Waals surface area contributed by atoms with Crippen molar-refractivity contribution in [2.24, 2.45) is 23.2 Å². The summed E-state index contributed by atoms with van der Waals surface area (Å²) in [5, 5.41) is 0. The van der Waals surface area contributed by atoms with Crippen LogP contribution in [0.4, 0.5) is 5.69 Å². The number of benzene rings is 1. The van der Waals surface area contributed by atoms with Crippen LogP contribution >= 0.6 is 22.6 Å². The third-order valence-electron chi connectivity index (χ3n) is 8.34. The second kappa shape index (κ2) is 7.85. The molecule has 0 aromatic heterocycles. The molecule has 3 amide bonds. The second-order valence-corrected chi connectivity index (χ2v) is 11.7. The molecule has 2 atom stereocenters. The van der Waals surface area contributed by atoms with Gasteiger partial charge in [-0.25, -0.2) is 4.90 Å². The molecule has 6 rings (SSSR count). The van der Waals surface area contributed by atoms with E-state index in [2.05, 4.69) is 29.5 Å². The van der Waals surface area contributed by atoms with Gasteiger partial charge in [-0.05, 0) is 116 Å². The molecule has 2 unspecified atom stereocenters. The number of amides is 3. The molecule has 1 aromatic rings. The first-order valence-electron chi connectivity index (χ1n) is 11.8. The lowest BCUT2D eigenvalue weighted by molar-refractivity contribution is -0.164. The summed E-state index contributed by atoms with van der Waals surface area (Å²) in [5.41, 5.74) is 0.293. The summed E-state index contributed by atoms with van der Waals surface area (Å²) in [6.45, 7) is 4.09. The number of rotatable bonds is 5. The molecule has 5 aliphatic rings. The molecular weight excluding hydrogens is 503 g/mol. The molecule has 1 aliphatic heterocycles. The Balaban J connectivity index is 1.45. The number of halogens is 1. The van der Waals surface area contributed by atoms with E-state index in [0.29, 0.717) is 23.4 Å². The van der Waals surface area contributed by atoms with Crippen molar-refractivity contribution in [2.45, 2.75) is 77.3 Å². The predicted molar refractivity (Wildman–Crippen MR) is 127 cm³/mol. The molecule has 5 nitrogen and oxygen atoms in total. The third-order valence-corrected chi connectivity index (χ3v) is 9.05. The maximum Gasteiger partial charge on any atom is 0.257 e. The van der Waals surface area contributed by atoms with Gasteiger partial charge in [0.25, 0.3) is 5.91 Å². The molecular formula is C25H31IN2O3. The van der Waals surface area contributed by atoms with E-state index in [1.165, 1.54) is 24.2 Å². The van der Waals surface area contributed by atoms with E-state index in [-0.39, 0.29) is 35.6 Å². The minimum atomic E-state index is -0.678. The van der Waals surface area contributed by atoms with Gasteiger partial charge in [-0.1, -0.05) is 6.92 Å². The van der Waals surface area contributed by atoms with Gasteiger partial charge >= 0.3 is 0 Å². The van der Waals surface area contributed by atoms with Crippen molar-refractivity contribution in [1.82, 2.24) is 4.90 Å². The zero-order valence-corrected chi connectivity index (χ0v) is 20.5. The Morgan fingerprint density at radius 2 is 1.65 bits per heavy atom. The van der Waals surface area contributed by atoms with Gasteiger partial charge in [0, 0.05) is 9.61 Å². The maximum atomic E-state index is 14.2. The van der Waals surface area contributed by atoms with E-state index < -0.39 is 6.04 Å². The third kappa shape index (κ3) is 3.53. The second-order valence-electron chi connectivity index (χ2n) is 10.4. The van der Waals surface area contributed by atoms with Crippen molar-refractivity contribution in [3.05, 3.63) is 27.8 Å². The van der Waals surface area contributed by atoms with E-state index in [0.717, 1.165) is 29.3 Å². The standard InChI is InChI=1S/C25H31IN2O3/c1-3-15(2)27(24(31)25-12-16-8-17(13-25)10-18(9-16)14-25)21-11-22(29)28(23(21)30)20-6-4-19(26)5-7-20/h4-7,15-18,21H,3,8-14H2,1-2H3. The highest BCUT2D eigenvalue weighted by Crippen LogP contribution is 2.61. The van der Waals surface area contributed by atoms with Crippen LogP contribution in [0.3, 0.4) is 0 Å². The lowest BCUT2D eigenvalue weighted by atomic mass is 9.49. The summed E-state index contributed by atoms with van der Waals surface area (Å²) >= 11 is 2.21. The lowest BCUT2D eigenvalue weighted by Gasteiger charge is -2.57. The van der Waals surface area contributed by atoms with E-state index >= 15 is 0 Å². The molecule has 4 bridgehead atoms. The fraction of sp³-hybridized carbons (Fsp3) is 0.640. The lowest BCUT2D eigenvalue weighted by Crippen LogP contribution is -2.59. The Kier molecular flexibility index (Phi) is 5.42. The van der Waals surface area contributed by atoms with Crippen LogP contribution < -0.4 is 4.90 Å². The van der Waals surface area contributed by atoms with E-state index in [9.17, 15) is 14.4 Å². The van der Waals surface area contributed by atoms with Crippen LogP contribution in [0.15, 0.2) is 24.3 Å². The molecule has 0 spiro atoms. The largest absolute Gasteiger partial charge is 0.327 e. The van der Waals surface area contributed by atoms with Crippen LogP contribution in [-0.4, -0.2) is 34.7 Å². The van der Waals surface area contributed by atoms with E-state index in [1.807, 2.05) is 36.1 Å². The summed E-state index contributed by atoms with van der Waals surface area (Å²) in [5.74, 6) is 1.69. The van der Waals surface area contributed by atoms with Crippen molar-refractivity contribution in [1.29, 1.82) is 0 Å². The quantitative estimate of drug-likeness (QED) is 0.404. The number of hydrogen-bond donors (Lipinski definition) is 0. The van der Waals surface area contributed by atoms with Gasteiger partial charge in [-0.3, -0.25) is 14.4 Å². The van der Waals surface area contributed by atoms with E-state index in [4.69, 9.17) is 0 Å². The predicted octanol–water partition coefficient (Wildman–Crippen LogP) is 4.77. The minimum Gasteiger partial charge on any atom is -0.327 e. The summed E-state index contributed by atoms with van der Waals surface area (Å²) in [7, 11) is 0. The zero-order chi connectivity index (χ0) is 21.9. The normalized spacial score (nSPS) is 35.0. The van der Waals surface area contributed by atoms with Crippen LogP contribution in [0.25, 0.3) is 0 Å². The zero-order valence-electron chi connectivity index (χ0n) is 18.4. The summed E-state index contributed by atoms with van der Waals surface area (Å²) in [4.78, 5) is 43.7. The van der Waals surface area contributed by atoms with Crippen molar-refractivity contribution >= 4 is 46.0 Å². The number of nitrogens with zero attached hydrogens (tertiary/aromatic N) is 2. The molecule has 1 saturated heterocycles. The fourth-order valence-corrected chi connectivity index (χ4v) is 7.55. The molecule has 1 aromatic carbocycles. The molecule has 6 heteroatoms.